The number of hydrogen-bond donors (Lipinski definition) is 1. The van der Waals surface area contributed by atoms with Gasteiger partial charge < -0.3 is 5.32 Å². The van der Waals surface area contributed by atoms with Gasteiger partial charge in [-0.2, -0.15) is 13.2 Å². The highest BCUT2D eigenvalue weighted by molar-refractivity contribution is 7.13. The molecule has 1 heterocycles. The first-order valence-corrected chi connectivity index (χ1v) is 12.6. The number of nitrogens with one attached hydrogen (secondary N) is 1. The predicted molar refractivity (Wildman–Crippen MR) is 142 cm³/mol. The molecule has 0 atom stereocenters. The minimum absolute atomic E-state index is 0.335. The highest BCUT2D eigenvalue weighted by Crippen LogP contribution is 2.36. The van der Waals surface area contributed by atoms with E-state index in [1.807, 2.05) is 30.5 Å². The van der Waals surface area contributed by atoms with Crippen LogP contribution >= 0.6 is 11.3 Å². The van der Waals surface area contributed by atoms with Crippen molar-refractivity contribution in [2.75, 3.05) is 5.32 Å². The van der Waals surface area contributed by atoms with Gasteiger partial charge in [0.15, 0.2) is 5.13 Å². The fourth-order valence-corrected chi connectivity index (χ4v) is 4.50. The van der Waals surface area contributed by atoms with Gasteiger partial charge in [-0.3, -0.25) is 0 Å². The third-order valence-electron chi connectivity index (χ3n) is 5.69. The number of nitrogens with zero attached hydrogens (tertiary/aromatic N) is 1. The van der Waals surface area contributed by atoms with Gasteiger partial charge in [0.25, 0.3) is 0 Å². The van der Waals surface area contributed by atoms with E-state index in [-0.39, 0.29) is 0 Å². The zero-order chi connectivity index (χ0) is 25.3. The quantitative estimate of drug-likeness (QED) is 0.211. The van der Waals surface area contributed by atoms with Crippen molar-refractivity contribution in [3.63, 3.8) is 0 Å². The number of allylic oxidation sites excluding steroid dienone is 5. The summed E-state index contributed by atoms with van der Waals surface area (Å²) in [6.07, 6.45) is 6.91. The van der Waals surface area contributed by atoms with Gasteiger partial charge >= 0.3 is 6.18 Å². The molecular formula is C29H31F3N2S. The molecule has 0 saturated heterocycles. The van der Waals surface area contributed by atoms with Crippen molar-refractivity contribution < 1.29 is 13.2 Å². The Morgan fingerprint density at radius 1 is 1.06 bits per heavy atom. The number of rotatable bonds is 11. The Hall–Kier alpha value is -3.12. The zero-order valence-electron chi connectivity index (χ0n) is 20.2. The topological polar surface area (TPSA) is 24.9 Å². The fourth-order valence-electron chi connectivity index (χ4n) is 3.76. The molecule has 1 aromatic heterocycles. The normalized spacial score (nSPS) is 12.3. The minimum atomic E-state index is -4.41. The van der Waals surface area contributed by atoms with E-state index >= 15 is 0 Å². The molecule has 0 bridgehead atoms. The number of hydrogen-bond acceptors (Lipinski definition) is 3. The molecule has 6 heteroatoms. The summed E-state index contributed by atoms with van der Waals surface area (Å²) in [6, 6.07) is 12.9. The molecule has 0 aliphatic heterocycles. The van der Waals surface area contributed by atoms with Gasteiger partial charge in [0.2, 0.25) is 0 Å². The van der Waals surface area contributed by atoms with Gasteiger partial charge in [0.05, 0.1) is 11.3 Å². The lowest BCUT2D eigenvalue weighted by atomic mass is 9.98. The van der Waals surface area contributed by atoms with Crippen LogP contribution in [0.5, 0.6) is 0 Å². The maximum atomic E-state index is 13.8. The summed E-state index contributed by atoms with van der Waals surface area (Å²) in [5.74, 6) is 0. The first-order valence-electron chi connectivity index (χ1n) is 11.7. The van der Waals surface area contributed by atoms with Crippen LogP contribution in [0.2, 0.25) is 0 Å². The van der Waals surface area contributed by atoms with E-state index in [0.29, 0.717) is 22.8 Å². The summed E-state index contributed by atoms with van der Waals surface area (Å²) in [6.45, 7) is 7.77. The lowest BCUT2D eigenvalue weighted by Crippen LogP contribution is -2.10. The molecule has 2 nitrogen and oxygen atoms in total. The second-order valence-electron chi connectivity index (χ2n) is 8.43. The van der Waals surface area contributed by atoms with Crippen molar-refractivity contribution in [3.05, 3.63) is 107 Å². The number of anilines is 2. The Morgan fingerprint density at radius 3 is 2.49 bits per heavy atom. The van der Waals surface area contributed by atoms with Crippen LogP contribution in [0.15, 0.2) is 78.7 Å². The summed E-state index contributed by atoms with van der Waals surface area (Å²) < 4.78 is 41.4. The predicted octanol–water partition coefficient (Wildman–Crippen LogP) is 9.31. The number of aryl methyl sites for hydroxylation is 3. The Kier molecular flexibility index (Phi) is 9.49. The first kappa shape index (κ1) is 26.5. The molecule has 0 spiro atoms. The molecule has 0 aliphatic rings. The molecule has 0 fully saturated rings. The van der Waals surface area contributed by atoms with Crippen LogP contribution in [0.4, 0.5) is 24.0 Å². The molecule has 3 rings (SSSR count). The van der Waals surface area contributed by atoms with Crippen molar-refractivity contribution >= 4 is 27.7 Å². The van der Waals surface area contributed by atoms with Crippen LogP contribution in [0, 0.1) is 6.92 Å². The van der Waals surface area contributed by atoms with Gasteiger partial charge in [-0.1, -0.05) is 73.2 Å². The molecule has 3 aromatic rings. The van der Waals surface area contributed by atoms with Gasteiger partial charge in [0, 0.05) is 16.6 Å². The largest absolute Gasteiger partial charge is 0.416 e. The summed E-state index contributed by atoms with van der Waals surface area (Å²) >= 11 is 1.34. The molecule has 1 N–H and O–H groups in total. The number of halogens is 3. The molecule has 0 unspecified atom stereocenters. The Bertz CT molecular complexity index is 1170. The van der Waals surface area contributed by atoms with Crippen LogP contribution in [0.1, 0.15) is 54.1 Å². The van der Waals surface area contributed by atoms with Gasteiger partial charge in [-0.15, -0.1) is 11.3 Å². The molecule has 2 aromatic carbocycles. The molecule has 0 saturated carbocycles. The fraction of sp³-hybridized carbons (Fsp3) is 0.276. The van der Waals surface area contributed by atoms with Crippen LogP contribution in [0.3, 0.4) is 0 Å². The van der Waals surface area contributed by atoms with E-state index in [1.165, 1.54) is 28.5 Å². The molecular weight excluding hydrogens is 465 g/mol. The summed E-state index contributed by atoms with van der Waals surface area (Å²) in [5.41, 5.74) is 4.19. The third kappa shape index (κ3) is 7.96. The van der Waals surface area contributed by atoms with E-state index in [9.17, 15) is 13.2 Å². The molecule has 0 amide bonds. The number of benzene rings is 2. The average Bonchev–Trinajstić information content (AvgIpc) is 3.29. The van der Waals surface area contributed by atoms with E-state index in [2.05, 4.69) is 48.1 Å². The zero-order valence-corrected chi connectivity index (χ0v) is 21.0. The Labute approximate surface area is 209 Å². The number of aromatic nitrogens is 1. The minimum Gasteiger partial charge on any atom is -0.332 e. The van der Waals surface area contributed by atoms with Crippen molar-refractivity contribution in [2.24, 2.45) is 0 Å². The summed E-state index contributed by atoms with van der Waals surface area (Å²) in [4.78, 5) is 4.50. The van der Waals surface area contributed by atoms with Crippen LogP contribution < -0.4 is 5.32 Å². The molecule has 0 radical (unpaired) electrons. The number of alkyl halides is 3. The second-order valence-corrected chi connectivity index (χ2v) is 9.29. The SMILES string of the molecule is C=C/C(=C\C=C/C)c1csc(Nc2ccc(CCCCCc3ccc(C)cc3)c(C(F)(F)F)c2)n1. The summed E-state index contributed by atoms with van der Waals surface area (Å²) in [5, 5.41) is 5.41. The van der Waals surface area contributed by atoms with Crippen LogP contribution in [-0.2, 0) is 19.0 Å². The van der Waals surface area contributed by atoms with Crippen LogP contribution in [0.25, 0.3) is 5.57 Å². The lowest BCUT2D eigenvalue weighted by Gasteiger charge is -2.15. The third-order valence-corrected chi connectivity index (χ3v) is 6.44. The monoisotopic (exact) mass is 496 g/mol. The van der Waals surface area contributed by atoms with Crippen molar-refractivity contribution in [1.82, 2.24) is 4.98 Å². The van der Waals surface area contributed by atoms with Gasteiger partial charge in [-0.25, -0.2) is 4.98 Å². The van der Waals surface area contributed by atoms with Crippen molar-refractivity contribution in [2.45, 2.75) is 52.1 Å². The van der Waals surface area contributed by atoms with Crippen molar-refractivity contribution in [1.29, 1.82) is 0 Å². The number of thiazole rings is 1. The van der Waals surface area contributed by atoms with E-state index in [4.69, 9.17) is 0 Å². The lowest BCUT2D eigenvalue weighted by molar-refractivity contribution is -0.138. The molecule has 184 valence electrons. The Balaban J connectivity index is 1.63. The molecule has 0 aliphatic carbocycles. The number of unbranched alkanes of at least 4 members (excludes halogenated alkanes) is 2. The van der Waals surface area contributed by atoms with E-state index < -0.39 is 11.7 Å². The van der Waals surface area contributed by atoms with Crippen LogP contribution in [-0.4, -0.2) is 4.98 Å². The second kappa shape index (κ2) is 12.5. The standard InChI is InChI=1S/C29H31F3N2S/c1-4-6-11-23(5-2)27-20-35-28(34-27)33-25-18-17-24(26(19-25)29(30,31)32)12-9-7-8-10-22-15-13-21(3)14-16-22/h4-6,11,13-20H,2,7-10,12H2,1,3H3,(H,33,34)/b6-4-,23-11+. The first-order chi connectivity index (χ1) is 16.8. The van der Waals surface area contributed by atoms with E-state index in [1.54, 1.807) is 18.2 Å². The highest BCUT2D eigenvalue weighted by atomic mass is 32.1. The summed E-state index contributed by atoms with van der Waals surface area (Å²) in [7, 11) is 0. The maximum Gasteiger partial charge on any atom is 0.416 e. The highest BCUT2D eigenvalue weighted by Gasteiger charge is 2.33. The van der Waals surface area contributed by atoms with E-state index in [0.717, 1.165) is 37.0 Å². The smallest absolute Gasteiger partial charge is 0.332 e. The van der Waals surface area contributed by atoms with Gasteiger partial charge in [-0.05, 0) is 62.8 Å². The molecule has 35 heavy (non-hydrogen) atoms. The Morgan fingerprint density at radius 2 is 1.80 bits per heavy atom. The average molecular weight is 497 g/mol. The van der Waals surface area contributed by atoms with Crippen molar-refractivity contribution in [3.8, 4) is 0 Å². The van der Waals surface area contributed by atoms with Gasteiger partial charge in [0.1, 0.15) is 0 Å². The maximum absolute atomic E-state index is 13.8.